The lowest BCUT2D eigenvalue weighted by Crippen LogP contribution is -2.22. The molecule has 0 N–H and O–H groups in total. The second-order valence-electron chi connectivity index (χ2n) is 11.7. The molecular formula is C36H34ClN. The molecular weight excluding hydrogens is 482 g/mol. The SMILES string of the molecule is CC1=C(/C=C/C(Cl)=C/C=C2\N(C)c3c(ccc4ccccc34)C2(C)C)C(C)(C)c2cc3ccccc3cc21. The number of nitrogens with zero attached hydrogens (tertiary/aromatic N) is 1. The third kappa shape index (κ3) is 3.68. The molecule has 6 rings (SSSR count). The molecule has 1 heterocycles. The van der Waals surface area contributed by atoms with Gasteiger partial charge in [0.15, 0.2) is 0 Å². The lowest BCUT2D eigenvalue weighted by atomic mass is 9.80. The van der Waals surface area contributed by atoms with E-state index in [0.717, 1.165) is 5.03 Å². The summed E-state index contributed by atoms with van der Waals surface area (Å²) in [5.74, 6) is 0. The number of hydrogen-bond acceptors (Lipinski definition) is 1. The molecule has 2 aliphatic rings. The fourth-order valence-corrected chi connectivity index (χ4v) is 6.78. The summed E-state index contributed by atoms with van der Waals surface area (Å²) in [5.41, 5.74) is 9.07. The summed E-state index contributed by atoms with van der Waals surface area (Å²) in [7, 11) is 2.17. The maximum Gasteiger partial charge on any atom is 0.0527 e. The number of fused-ring (bicyclic) bond motifs is 5. The van der Waals surface area contributed by atoms with E-state index >= 15 is 0 Å². The summed E-state index contributed by atoms with van der Waals surface area (Å²) in [6, 6.07) is 26.4. The van der Waals surface area contributed by atoms with Crippen LogP contribution in [0, 0.1) is 0 Å². The van der Waals surface area contributed by atoms with E-state index in [4.69, 9.17) is 11.6 Å². The first-order valence-corrected chi connectivity index (χ1v) is 13.8. The molecule has 0 amide bonds. The fourth-order valence-electron chi connectivity index (χ4n) is 6.66. The van der Waals surface area contributed by atoms with Gasteiger partial charge in [-0.3, -0.25) is 0 Å². The molecule has 0 atom stereocenters. The minimum atomic E-state index is -0.109. The topological polar surface area (TPSA) is 3.24 Å². The number of halogens is 1. The van der Waals surface area contributed by atoms with Gasteiger partial charge in [0.1, 0.15) is 0 Å². The first-order chi connectivity index (χ1) is 18.1. The quantitative estimate of drug-likeness (QED) is 0.245. The van der Waals surface area contributed by atoms with Crippen molar-refractivity contribution < 1.29 is 0 Å². The van der Waals surface area contributed by atoms with Crippen LogP contribution in [-0.2, 0) is 10.8 Å². The van der Waals surface area contributed by atoms with Crippen molar-refractivity contribution in [3.05, 3.63) is 130 Å². The van der Waals surface area contributed by atoms with E-state index in [0.29, 0.717) is 0 Å². The van der Waals surface area contributed by atoms with E-state index in [1.165, 1.54) is 60.8 Å². The summed E-state index contributed by atoms with van der Waals surface area (Å²) < 4.78 is 0. The van der Waals surface area contributed by atoms with E-state index in [9.17, 15) is 0 Å². The maximum atomic E-state index is 6.81. The molecule has 38 heavy (non-hydrogen) atoms. The maximum absolute atomic E-state index is 6.81. The van der Waals surface area contributed by atoms with Crippen LogP contribution in [0.25, 0.3) is 27.1 Å². The number of rotatable bonds is 3. The van der Waals surface area contributed by atoms with Crippen LogP contribution in [0.4, 0.5) is 5.69 Å². The average Bonchev–Trinajstić information content (AvgIpc) is 3.21. The standard InChI is InChI=1S/C36H34ClN/c1-23-29-21-25-12-7-8-13-26(25)22-32(29)35(2,3)30(23)19-16-27(37)17-20-33-36(4,5)31-18-15-24-11-9-10-14-28(24)34(31)38(33)6/h7-22H,1-6H3/b19-16+,27-17-,33-20-. The number of hydrogen-bond donors (Lipinski definition) is 0. The summed E-state index contributed by atoms with van der Waals surface area (Å²) in [5, 5.41) is 5.85. The lowest BCUT2D eigenvalue weighted by Gasteiger charge is -2.24. The van der Waals surface area contributed by atoms with Crippen molar-refractivity contribution >= 4 is 44.4 Å². The van der Waals surface area contributed by atoms with Gasteiger partial charge in [-0.1, -0.05) is 106 Å². The summed E-state index contributed by atoms with van der Waals surface area (Å²) in [6.45, 7) is 11.5. The van der Waals surface area contributed by atoms with Crippen LogP contribution < -0.4 is 4.90 Å². The predicted molar refractivity (Wildman–Crippen MR) is 166 cm³/mol. The van der Waals surface area contributed by atoms with Gasteiger partial charge in [-0.25, -0.2) is 0 Å². The van der Waals surface area contributed by atoms with Gasteiger partial charge in [0.25, 0.3) is 0 Å². The molecule has 0 bridgehead atoms. The Hall–Kier alpha value is -3.55. The van der Waals surface area contributed by atoms with E-state index < -0.39 is 0 Å². The molecule has 0 radical (unpaired) electrons. The van der Waals surface area contributed by atoms with E-state index in [1.54, 1.807) is 0 Å². The molecule has 1 aliphatic carbocycles. The lowest BCUT2D eigenvalue weighted by molar-refractivity contribution is 0.640. The molecule has 4 aromatic carbocycles. The highest BCUT2D eigenvalue weighted by Gasteiger charge is 2.39. The summed E-state index contributed by atoms with van der Waals surface area (Å²) in [6.07, 6.45) is 8.49. The van der Waals surface area contributed by atoms with E-state index in [1.807, 2.05) is 6.08 Å². The van der Waals surface area contributed by atoms with Crippen molar-refractivity contribution in [2.75, 3.05) is 11.9 Å². The molecule has 1 aliphatic heterocycles. The zero-order valence-corrected chi connectivity index (χ0v) is 23.8. The zero-order valence-electron chi connectivity index (χ0n) is 23.1. The number of anilines is 1. The van der Waals surface area contributed by atoms with Crippen molar-refractivity contribution in [1.29, 1.82) is 0 Å². The third-order valence-corrected chi connectivity index (χ3v) is 9.01. The van der Waals surface area contributed by atoms with Crippen LogP contribution in [0.2, 0.25) is 0 Å². The first kappa shape index (κ1) is 24.8. The third-order valence-electron chi connectivity index (χ3n) is 8.76. The number of benzene rings is 4. The molecule has 0 saturated carbocycles. The Morgan fingerprint density at radius 2 is 1.45 bits per heavy atom. The minimum absolute atomic E-state index is 0.0774. The molecule has 2 heteroatoms. The smallest absolute Gasteiger partial charge is 0.0527 e. The average molecular weight is 516 g/mol. The van der Waals surface area contributed by atoms with Gasteiger partial charge in [0.2, 0.25) is 0 Å². The van der Waals surface area contributed by atoms with Crippen molar-refractivity contribution in [1.82, 2.24) is 0 Å². The van der Waals surface area contributed by atoms with E-state index in [-0.39, 0.29) is 10.8 Å². The van der Waals surface area contributed by atoms with Crippen molar-refractivity contribution in [3.8, 4) is 0 Å². The van der Waals surface area contributed by atoms with Gasteiger partial charge in [-0.05, 0) is 81.3 Å². The molecule has 0 aromatic heterocycles. The van der Waals surface area contributed by atoms with Crippen LogP contribution in [-0.4, -0.2) is 7.05 Å². The highest BCUT2D eigenvalue weighted by molar-refractivity contribution is 6.31. The monoisotopic (exact) mass is 515 g/mol. The summed E-state index contributed by atoms with van der Waals surface area (Å²) in [4.78, 5) is 2.33. The van der Waals surface area contributed by atoms with Gasteiger partial charge in [0, 0.05) is 34.0 Å². The highest BCUT2D eigenvalue weighted by atomic mass is 35.5. The van der Waals surface area contributed by atoms with Gasteiger partial charge in [-0.2, -0.15) is 0 Å². The van der Waals surface area contributed by atoms with Crippen molar-refractivity contribution in [3.63, 3.8) is 0 Å². The van der Waals surface area contributed by atoms with Crippen LogP contribution in [0.1, 0.15) is 51.3 Å². The second-order valence-corrected chi connectivity index (χ2v) is 12.1. The Labute approximate surface area is 231 Å². The molecule has 0 saturated heterocycles. The zero-order chi connectivity index (χ0) is 26.8. The second kappa shape index (κ2) is 8.75. The van der Waals surface area contributed by atoms with E-state index in [2.05, 4.69) is 138 Å². The van der Waals surface area contributed by atoms with Gasteiger partial charge in [-0.15, -0.1) is 0 Å². The van der Waals surface area contributed by atoms with Gasteiger partial charge < -0.3 is 4.90 Å². The van der Waals surface area contributed by atoms with Crippen LogP contribution in [0.15, 0.2) is 113 Å². The van der Waals surface area contributed by atoms with Gasteiger partial charge in [0.05, 0.1) is 5.69 Å². The van der Waals surface area contributed by atoms with Crippen molar-refractivity contribution in [2.24, 2.45) is 0 Å². The normalized spacial score (nSPS) is 19.3. The largest absolute Gasteiger partial charge is 0.347 e. The Morgan fingerprint density at radius 1 is 0.789 bits per heavy atom. The highest BCUT2D eigenvalue weighted by Crippen LogP contribution is 2.50. The summed E-state index contributed by atoms with van der Waals surface area (Å²) >= 11 is 6.81. The Kier molecular flexibility index (Phi) is 5.70. The minimum Gasteiger partial charge on any atom is -0.347 e. The molecule has 1 nitrogen and oxygen atoms in total. The Balaban J connectivity index is 1.33. The van der Waals surface area contributed by atoms with Crippen LogP contribution in [0.3, 0.4) is 0 Å². The molecule has 0 fully saturated rings. The molecule has 0 spiro atoms. The van der Waals surface area contributed by atoms with Crippen molar-refractivity contribution in [2.45, 2.75) is 45.4 Å². The first-order valence-electron chi connectivity index (χ1n) is 13.4. The van der Waals surface area contributed by atoms with Crippen LogP contribution in [0.5, 0.6) is 0 Å². The Bertz CT molecular complexity index is 1740. The molecule has 190 valence electrons. The number of likely N-dealkylation sites (N-methyl/N-ethyl adjacent to an activating group) is 1. The fraction of sp³-hybridized carbons (Fsp3) is 0.222. The molecule has 4 aromatic rings. The van der Waals surface area contributed by atoms with Crippen LogP contribution >= 0.6 is 11.6 Å². The van der Waals surface area contributed by atoms with Gasteiger partial charge >= 0.3 is 0 Å². The Morgan fingerprint density at radius 3 is 2.18 bits per heavy atom. The molecule has 0 unspecified atom stereocenters. The predicted octanol–water partition coefficient (Wildman–Crippen LogP) is 10.0. The number of allylic oxidation sites excluding steroid dienone is 8.